The highest BCUT2D eigenvalue weighted by Gasteiger charge is 2.07. The van der Waals surface area contributed by atoms with Crippen molar-refractivity contribution in [1.29, 1.82) is 0 Å². The van der Waals surface area contributed by atoms with E-state index >= 15 is 0 Å². The third kappa shape index (κ3) is 3.72. The molecule has 0 aliphatic heterocycles. The molecule has 0 saturated heterocycles. The van der Waals surface area contributed by atoms with E-state index < -0.39 is 7.14 Å². The van der Waals surface area contributed by atoms with E-state index in [-0.39, 0.29) is 0 Å². The van der Waals surface area contributed by atoms with Crippen LogP contribution in [0.15, 0.2) is 24.3 Å². The molecule has 0 bridgehead atoms. The lowest BCUT2D eigenvalue weighted by Gasteiger charge is -2.06. The minimum Gasteiger partial charge on any atom is -0.324 e. The molecule has 0 N–H and O–H groups in total. The highest BCUT2D eigenvalue weighted by atomic mass is 127. The van der Waals surface area contributed by atoms with E-state index in [1.54, 1.807) is 0 Å². The molecule has 3 heteroatoms. The van der Waals surface area contributed by atoms with Crippen molar-refractivity contribution in [3.8, 4) is 0 Å². The number of rotatable bonds is 2. The number of hydrogen-bond acceptors (Lipinski definition) is 1. The minimum atomic E-state index is -1.91. The van der Waals surface area contributed by atoms with Crippen molar-refractivity contribution in [3.05, 3.63) is 33.4 Å². The summed E-state index contributed by atoms with van der Waals surface area (Å²) in [5.74, 6) is 0. The average molecular weight is 294 g/mol. The predicted octanol–water partition coefficient (Wildman–Crippen LogP) is 3.41. The van der Waals surface area contributed by atoms with Crippen LogP contribution < -0.4 is 0 Å². The number of hydrogen-bond donors (Lipinski definition) is 0. The molecule has 0 aromatic heterocycles. The zero-order valence-corrected chi connectivity index (χ0v) is 10.3. The standard InChI is InChI=1S/C9H12IOP/c1-12(2,11)7-8-4-3-5-9(10)6-8/h3-6H,7H2,1-2H3. The zero-order valence-electron chi connectivity index (χ0n) is 7.25. The fourth-order valence-electron chi connectivity index (χ4n) is 1.08. The zero-order chi connectivity index (χ0) is 9.19. The topological polar surface area (TPSA) is 17.1 Å². The molecule has 0 heterocycles. The highest BCUT2D eigenvalue weighted by Crippen LogP contribution is 2.40. The largest absolute Gasteiger partial charge is 0.324 e. The van der Waals surface area contributed by atoms with Crippen LogP contribution >= 0.6 is 29.7 Å². The van der Waals surface area contributed by atoms with E-state index in [1.165, 1.54) is 9.13 Å². The fourth-order valence-corrected chi connectivity index (χ4v) is 2.76. The second-order valence-electron chi connectivity index (χ2n) is 3.36. The van der Waals surface area contributed by atoms with Crippen molar-refractivity contribution in [2.24, 2.45) is 0 Å². The maximum Gasteiger partial charge on any atom is 0.0861 e. The van der Waals surface area contributed by atoms with Gasteiger partial charge in [-0.15, -0.1) is 0 Å². The van der Waals surface area contributed by atoms with E-state index in [4.69, 9.17) is 0 Å². The van der Waals surface area contributed by atoms with Gasteiger partial charge in [0.1, 0.15) is 0 Å². The van der Waals surface area contributed by atoms with Crippen LogP contribution in [0.5, 0.6) is 0 Å². The van der Waals surface area contributed by atoms with E-state index in [0.29, 0.717) is 6.16 Å². The van der Waals surface area contributed by atoms with Crippen molar-refractivity contribution in [2.45, 2.75) is 6.16 Å². The Labute approximate surface area is 87.1 Å². The second kappa shape index (κ2) is 3.93. The van der Waals surface area contributed by atoms with Crippen LogP contribution in [0.1, 0.15) is 5.56 Å². The van der Waals surface area contributed by atoms with Crippen LogP contribution in [-0.4, -0.2) is 13.3 Å². The smallest absolute Gasteiger partial charge is 0.0861 e. The summed E-state index contributed by atoms with van der Waals surface area (Å²) >= 11 is 2.27. The molecule has 0 fully saturated rings. The summed E-state index contributed by atoms with van der Waals surface area (Å²) in [7, 11) is -1.91. The molecule has 66 valence electrons. The van der Waals surface area contributed by atoms with Gasteiger partial charge >= 0.3 is 0 Å². The van der Waals surface area contributed by atoms with Gasteiger partial charge in [0.25, 0.3) is 0 Å². The summed E-state index contributed by atoms with van der Waals surface area (Å²) in [6, 6.07) is 8.16. The Morgan fingerprint density at radius 3 is 2.58 bits per heavy atom. The minimum absolute atomic E-state index is 0.712. The molecular weight excluding hydrogens is 282 g/mol. The third-order valence-corrected chi connectivity index (χ3v) is 3.25. The lowest BCUT2D eigenvalue weighted by molar-refractivity contribution is 0.582. The molecule has 0 saturated carbocycles. The molecule has 1 rings (SSSR count). The third-order valence-electron chi connectivity index (χ3n) is 1.45. The van der Waals surface area contributed by atoms with Gasteiger partial charge in [0.15, 0.2) is 0 Å². The maximum absolute atomic E-state index is 11.5. The first-order valence-electron chi connectivity index (χ1n) is 3.76. The second-order valence-corrected chi connectivity index (χ2v) is 8.07. The van der Waals surface area contributed by atoms with Crippen LogP contribution in [0.3, 0.4) is 0 Å². The molecule has 0 aliphatic rings. The fraction of sp³-hybridized carbons (Fsp3) is 0.333. The summed E-state index contributed by atoms with van der Waals surface area (Å²) in [5, 5.41) is 0. The van der Waals surface area contributed by atoms with Gasteiger partial charge in [-0.2, -0.15) is 0 Å². The van der Waals surface area contributed by atoms with Gasteiger partial charge in [0, 0.05) is 9.73 Å². The molecule has 0 unspecified atom stereocenters. The van der Waals surface area contributed by atoms with Crippen LogP contribution in [0, 0.1) is 3.57 Å². The van der Waals surface area contributed by atoms with Crippen molar-refractivity contribution >= 4 is 29.7 Å². The SMILES string of the molecule is CP(C)(=O)Cc1cccc(I)c1. The predicted molar refractivity (Wildman–Crippen MR) is 62.3 cm³/mol. The molecular formula is C9H12IOP. The van der Waals surface area contributed by atoms with Gasteiger partial charge in [-0.25, -0.2) is 0 Å². The summed E-state index contributed by atoms with van der Waals surface area (Å²) < 4.78 is 12.7. The lowest BCUT2D eigenvalue weighted by Crippen LogP contribution is -1.85. The molecule has 0 aliphatic carbocycles. The summed E-state index contributed by atoms with van der Waals surface area (Å²) in [6.07, 6.45) is 0.712. The van der Waals surface area contributed by atoms with Gasteiger partial charge < -0.3 is 4.57 Å². The Morgan fingerprint density at radius 1 is 1.42 bits per heavy atom. The first kappa shape index (κ1) is 10.3. The number of benzene rings is 1. The Bertz CT molecular complexity index is 316. The van der Waals surface area contributed by atoms with Crippen molar-refractivity contribution in [2.75, 3.05) is 13.3 Å². The average Bonchev–Trinajstić information content (AvgIpc) is 1.82. The quantitative estimate of drug-likeness (QED) is 0.603. The molecule has 0 amide bonds. The molecule has 0 atom stereocenters. The van der Waals surface area contributed by atoms with Crippen LogP contribution in [0.4, 0.5) is 0 Å². The van der Waals surface area contributed by atoms with E-state index in [9.17, 15) is 4.57 Å². The van der Waals surface area contributed by atoms with E-state index in [1.807, 2.05) is 31.5 Å². The Hall–Kier alpha value is 0.180. The van der Waals surface area contributed by atoms with Crippen molar-refractivity contribution < 1.29 is 4.57 Å². The molecule has 1 aromatic rings. The molecule has 1 nitrogen and oxygen atoms in total. The normalized spacial score (nSPS) is 11.6. The molecule has 0 radical (unpaired) electrons. The van der Waals surface area contributed by atoms with Gasteiger partial charge in [0.2, 0.25) is 0 Å². The molecule has 1 aromatic carbocycles. The number of halogens is 1. The monoisotopic (exact) mass is 294 g/mol. The Kier molecular flexibility index (Phi) is 3.36. The van der Waals surface area contributed by atoms with Crippen LogP contribution in [0.2, 0.25) is 0 Å². The maximum atomic E-state index is 11.5. The van der Waals surface area contributed by atoms with Gasteiger partial charge in [-0.1, -0.05) is 12.1 Å². The molecule has 0 spiro atoms. The van der Waals surface area contributed by atoms with Gasteiger partial charge in [0.05, 0.1) is 7.14 Å². The Balaban J connectivity index is 2.84. The summed E-state index contributed by atoms with van der Waals surface area (Å²) in [6.45, 7) is 3.65. The van der Waals surface area contributed by atoms with Crippen LogP contribution in [-0.2, 0) is 10.7 Å². The van der Waals surface area contributed by atoms with Gasteiger partial charge in [-0.3, -0.25) is 0 Å². The molecule has 12 heavy (non-hydrogen) atoms. The van der Waals surface area contributed by atoms with Crippen molar-refractivity contribution in [1.82, 2.24) is 0 Å². The Morgan fingerprint density at radius 2 is 2.08 bits per heavy atom. The summed E-state index contributed by atoms with van der Waals surface area (Å²) in [4.78, 5) is 0. The highest BCUT2D eigenvalue weighted by molar-refractivity contribution is 14.1. The first-order chi connectivity index (χ1) is 5.47. The van der Waals surface area contributed by atoms with E-state index in [0.717, 1.165) is 0 Å². The van der Waals surface area contributed by atoms with Crippen LogP contribution in [0.25, 0.3) is 0 Å². The van der Waals surface area contributed by atoms with Gasteiger partial charge in [-0.05, 0) is 53.6 Å². The summed E-state index contributed by atoms with van der Waals surface area (Å²) in [5.41, 5.74) is 1.18. The van der Waals surface area contributed by atoms with Crippen molar-refractivity contribution in [3.63, 3.8) is 0 Å². The first-order valence-corrected chi connectivity index (χ1v) is 7.62. The van der Waals surface area contributed by atoms with E-state index in [2.05, 4.69) is 28.7 Å². The lowest BCUT2D eigenvalue weighted by atomic mass is 10.2.